The summed E-state index contributed by atoms with van der Waals surface area (Å²) in [5, 5.41) is 0.573. The number of rotatable bonds is 3. The van der Waals surface area contributed by atoms with E-state index in [0.29, 0.717) is 27.9 Å². The van der Waals surface area contributed by atoms with Crippen LogP contribution in [0, 0.1) is 0 Å². The lowest BCUT2D eigenvalue weighted by Gasteiger charge is -2.10. The van der Waals surface area contributed by atoms with Crippen molar-refractivity contribution < 1.29 is 4.74 Å². The third kappa shape index (κ3) is 2.96. The molecule has 0 aliphatic carbocycles. The maximum atomic E-state index is 11.7. The van der Waals surface area contributed by atoms with Gasteiger partial charge >= 0.3 is 0 Å². The molecule has 4 nitrogen and oxygen atoms in total. The number of aromatic nitrogens is 2. The van der Waals surface area contributed by atoms with Crippen LogP contribution in [0.25, 0.3) is 11.3 Å². The fourth-order valence-corrected chi connectivity index (χ4v) is 1.94. The Labute approximate surface area is 116 Å². The van der Waals surface area contributed by atoms with Crippen molar-refractivity contribution in [1.29, 1.82) is 0 Å². The Morgan fingerprint density at radius 2 is 2.05 bits per heavy atom. The third-order valence-electron chi connectivity index (χ3n) is 2.74. The first kappa shape index (κ1) is 13.6. The summed E-state index contributed by atoms with van der Waals surface area (Å²) >= 11 is 6.00. The maximum Gasteiger partial charge on any atom is 0.251 e. The van der Waals surface area contributed by atoms with Crippen molar-refractivity contribution in [1.82, 2.24) is 9.97 Å². The second-order valence-corrected chi connectivity index (χ2v) is 4.95. The summed E-state index contributed by atoms with van der Waals surface area (Å²) in [6.07, 6.45) is 0. The van der Waals surface area contributed by atoms with E-state index in [9.17, 15) is 4.79 Å². The zero-order valence-corrected chi connectivity index (χ0v) is 11.8. The number of hydrogen-bond donors (Lipinski definition) is 1. The normalized spacial score (nSPS) is 10.8. The molecule has 0 atom stereocenters. The molecule has 0 unspecified atom stereocenters. The molecule has 0 bridgehead atoms. The number of ether oxygens (including phenoxy) is 1. The molecular weight excluding hydrogens is 264 g/mol. The van der Waals surface area contributed by atoms with Crippen molar-refractivity contribution in [2.45, 2.75) is 19.8 Å². The number of aromatic amines is 1. The van der Waals surface area contributed by atoms with E-state index in [4.69, 9.17) is 16.3 Å². The van der Waals surface area contributed by atoms with E-state index in [0.717, 1.165) is 0 Å². The second-order valence-electron chi connectivity index (χ2n) is 4.52. The van der Waals surface area contributed by atoms with Gasteiger partial charge in [-0.15, -0.1) is 0 Å². The zero-order valence-electron chi connectivity index (χ0n) is 11.0. The van der Waals surface area contributed by atoms with E-state index in [1.54, 1.807) is 25.3 Å². The van der Waals surface area contributed by atoms with Crippen molar-refractivity contribution in [3.8, 4) is 17.0 Å². The lowest BCUT2D eigenvalue weighted by molar-refractivity contribution is 0.416. The van der Waals surface area contributed by atoms with E-state index in [1.807, 2.05) is 13.8 Å². The van der Waals surface area contributed by atoms with Crippen LogP contribution in [-0.4, -0.2) is 17.1 Å². The topological polar surface area (TPSA) is 55.0 Å². The zero-order chi connectivity index (χ0) is 14.0. The first-order valence-corrected chi connectivity index (χ1v) is 6.34. The van der Waals surface area contributed by atoms with Gasteiger partial charge in [0.1, 0.15) is 11.6 Å². The van der Waals surface area contributed by atoms with Crippen LogP contribution in [0.1, 0.15) is 25.6 Å². The molecule has 1 heterocycles. The fraction of sp³-hybridized carbons (Fsp3) is 0.286. The highest BCUT2D eigenvalue weighted by Crippen LogP contribution is 2.31. The molecule has 1 N–H and O–H groups in total. The minimum Gasteiger partial charge on any atom is -0.496 e. The molecule has 2 rings (SSSR count). The van der Waals surface area contributed by atoms with Gasteiger partial charge in [-0.05, 0) is 18.2 Å². The Morgan fingerprint density at radius 1 is 1.32 bits per heavy atom. The first-order valence-electron chi connectivity index (χ1n) is 5.96. The van der Waals surface area contributed by atoms with E-state index < -0.39 is 0 Å². The molecule has 19 heavy (non-hydrogen) atoms. The highest BCUT2D eigenvalue weighted by Gasteiger charge is 2.11. The number of benzene rings is 1. The molecule has 0 radical (unpaired) electrons. The maximum absolute atomic E-state index is 11.7. The van der Waals surface area contributed by atoms with Gasteiger partial charge in [0.2, 0.25) is 0 Å². The molecule has 2 aromatic rings. The van der Waals surface area contributed by atoms with Gasteiger partial charge in [0, 0.05) is 22.6 Å². The van der Waals surface area contributed by atoms with Gasteiger partial charge in [0.05, 0.1) is 12.8 Å². The molecule has 100 valence electrons. The number of nitrogens with one attached hydrogen (secondary N) is 1. The van der Waals surface area contributed by atoms with Crippen LogP contribution >= 0.6 is 11.6 Å². The Kier molecular flexibility index (Phi) is 3.90. The van der Waals surface area contributed by atoms with Gasteiger partial charge in [-0.2, -0.15) is 0 Å². The highest BCUT2D eigenvalue weighted by molar-refractivity contribution is 6.30. The minimum absolute atomic E-state index is 0.137. The second kappa shape index (κ2) is 5.45. The fourth-order valence-electron chi connectivity index (χ4n) is 1.77. The molecule has 0 saturated carbocycles. The predicted molar refractivity (Wildman–Crippen MR) is 75.9 cm³/mol. The molecule has 0 aliphatic heterocycles. The summed E-state index contributed by atoms with van der Waals surface area (Å²) in [6.45, 7) is 3.94. The summed E-state index contributed by atoms with van der Waals surface area (Å²) in [6, 6.07) is 6.68. The Morgan fingerprint density at radius 3 is 2.68 bits per heavy atom. The largest absolute Gasteiger partial charge is 0.496 e. The molecule has 0 aliphatic rings. The molecule has 0 saturated heterocycles. The molecule has 1 aromatic carbocycles. The van der Waals surface area contributed by atoms with Gasteiger partial charge in [-0.1, -0.05) is 25.4 Å². The van der Waals surface area contributed by atoms with Crippen LogP contribution in [0.2, 0.25) is 5.02 Å². The highest BCUT2D eigenvalue weighted by atomic mass is 35.5. The third-order valence-corrected chi connectivity index (χ3v) is 2.98. The lowest BCUT2D eigenvalue weighted by Crippen LogP contribution is -2.12. The average molecular weight is 279 g/mol. The van der Waals surface area contributed by atoms with Crippen LogP contribution in [0.4, 0.5) is 0 Å². The summed E-state index contributed by atoms with van der Waals surface area (Å²) < 4.78 is 5.28. The van der Waals surface area contributed by atoms with Gasteiger partial charge in [0.25, 0.3) is 5.56 Å². The lowest BCUT2D eigenvalue weighted by atomic mass is 10.1. The first-order chi connectivity index (χ1) is 9.01. The van der Waals surface area contributed by atoms with Crippen LogP contribution in [0.15, 0.2) is 29.1 Å². The molecule has 0 amide bonds. The van der Waals surface area contributed by atoms with Crippen LogP contribution < -0.4 is 10.3 Å². The van der Waals surface area contributed by atoms with Crippen molar-refractivity contribution >= 4 is 11.6 Å². The van der Waals surface area contributed by atoms with Crippen molar-refractivity contribution in [3.05, 3.63) is 45.5 Å². The Balaban J connectivity index is 2.64. The molecular formula is C14H15ClN2O2. The summed E-state index contributed by atoms with van der Waals surface area (Å²) in [7, 11) is 1.57. The Hall–Kier alpha value is -1.81. The van der Waals surface area contributed by atoms with Crippen LogP contribution in [-0.2, 0) is 0 Å². The average Bonchev–Trinajstić information content (AvgIpc) is 2.37. The smallest absolute Gasteiger partial charge is 0.251 e. The number of methoxy groups -OCH3 is 1. The summed E-state index contributed by atoms with van der Waals surface area (Å²) in [4.78, 5) is 18.9. The predicted octanol–water partition coefficient (Wildman–Crippen LogP) is 3.22. The van der Waals surface area contributed by atoms with Crippen molar-refractivity contribution in [2.75, 3.05) is 7.11 Å². The quantitative estimate of drug-likeness (QED) is 0.938. The van der Waals surface area contributed by atoms with Gasteiger partial charge in [0.15, 0.2) is 0 Å². The van der Waals surface area contributed by atoms with Crippen LogP contribution in [0.3, 0.4) is 0 Å². The summed E-state index contributed by atoms with van der Waals surface area (Å²) in [5.41, 5.74) is 1.09. The molecule has 0 fully saturated rings. The number of halogens is 1. The van der Waals surface area contributed by atoms with E-state index >= 15 is 0 Å². The minimum atomic E-state index is -0.185. The molecule has 0 spiro atoms. The number of hydrogen-bond acceptors (Lipinski definition) is 3. The van der Waals surface area contributed by atoms with E-state index in [-0.39, 0.29) is 11.5 Å². The number of nitrogens with zero attached hydrogens (tertiary/aromatic N) is 1. The summed E-state index contributed by atoms with van der Waals surface area (Å²) in [5.74, 6) is 1.42. The van der Waals surface area contributed by atoms with Gasteiger partial charge < -0.3 is 9.72 Å². The molecule has 5 heteroatoms. The van der Waals surface area contributed by atoms with E-state index in [2.05, 4.69) is 9.97 Å². The molecule has 1 aromatic heterocycles. The Bertz CT molecular complexity index is 650. The number of H-pyrrole nitrogens is 1. The van der Waals surface area contributed by atoms with E-state index in [1.165, 1.54) is 6.07 Å². The van der Waals surface area contributed by atoms with Crippen molar-refractivity contribution in [3.63, 3.8) is 0 Å². The van der Waals surface area contributed by atoms with Gasteiger partial charge in [-0.25, -0.2) is 4.98 Å². The monoisotopic (exact) mass is 278 g/mol. The van der Waals surface area contributed by atoms with Crippen molar-refractivity contribution in [2.24, 2.45) is 0 Å². The standard InChI is InChI=1S/C14H15ClN2O2/c1-8(2)14-16-11(7-13(18)17-14)10-6-9(15)4-5-12(10)19-3/h4-8H,1-3H3,(H,16,17,18). The van der Waals surface area contributed by atoms with Gasteiger partial charge in [-0.3, -0.25) is 4.79 Å². The SMILES string of the molecule is COc1ccc(Cl)cc1-c1cc(=O)[nH]c(C(C)C)n1. The van der Waals surface area contributed by atoms with Crippen LogP contribution in [0.5, 0.6) is 5.75 Å².